The van der Waals surface area contributed by atoms with Crippen LogP contribution >= 0.6 is 0 Å². The topological polar surface area (TPSA) is 95.9 Å². The molecule has 81 heavy (non-hydrogen) atoms. The number of unbranched alkanes of at least 4 members (excludes halogenated alkanes) is 58. The van der Waals surface area contributed by atoms with Crippen molar-refractivity contribution in [2.24, 2.45) is 0 Å². The zero-order valence-electron chi connectivity index (χ0n) is 55.3. The molecule has 6 heteroatoms. The van der Waals surface area contributed by atoms with Crippen molar-refractivity contribution in [1.29, 1.82) is 0 Å². The third kappa shape index (κ3) is 67.6. The molecule has 1 amide bonds. The third-order valence-electron chi connectivity index (χ3n) is 17.8. The van der Waals surface area contributed by atoms with Crippen molar-refractivity contribution in [3.63, 3.8) is 0 Å². The quantitative estimate of drug-likeness (QED) is 0.0320. The highest BCUT2D eigenvalue weighted by atomic mass is 16.5. The highest BCUT2D eigenvalue weighted by molar-refractivity contribution is 5.76. The molecule has 482 valence electrons. The maximum absolute atomic E-state index is 12.5. The lowest BCUT2D eigenvalue weighted by atomic mass is 10.0. The Morgan fingerprint density at radius 3 is 0.877 bits per heavy atom. The number of carbonyl (C=O) groups is 2. The molecule has 0 fully saturated rings. The number of hydrogen-bond donors (Lipinski definition) is 3. The fourth-order valence-corrected chi connectivity index (χ4v) is 12.1. The summed E-state index contributed by atoms with van der Waals surface area (Å²) >= 11 is 0. The predicted molar refractivity (Wildman–Crippen MR) is 357 cm³/mol. The number of esters is 1. The maximum Gasteiger partial charge on any atom is 0.305 e. The summed E-state index contributed by atoms with van der Waals surface area (Å²) < 4.78 is 5.48. The lowest BCUT2D eigenvalue weighted by molar-refractivity contribution is -0.143. The smallest absolute Gasteiger partial charge is 0.305 e. The van der Waals surface area contributed by atoms with Crippen molar-refractivity contribution in [3.8, 4) is 0 Å². The van der Waals surface area contributed by atoms with Crippen LogP contribution in [0.5, 0.6) is 0 Å². The van der Waals surface area contributed by atoms with Gasteiger partial charge in [0.2, 0.25) is 5.91 Å². The van der Waals surface area contributed by atoms with E-state index in [9.17, 15) is 19.8 Å². The van der Waals surface area contributed by atoms with Gasteiger partial charge < -0.3 is 20.3 Å². The number of hydrogen-bond acceptors (Lipinski definition) is 5. The molecule has 0 aliphatic heterocycles. The van der Waals surface area contributed by atoms with Crippen molar-refractivity contribution >= 4 is 11.9 Å². The van der Waals surface area contributed by atoms with Crippen LogP contribution in [0.1, 0.15) is 431 Å². The molecule has 0 saturated carbocycles. The van der Waals surface area contributed by atoms with Gasteiger partial charge in [-0.1, -0.05) is 379 Å². The fraction of sp³-hybridized carbons (Fsp3) is 0.947. The van der Waals surface area contributed by atoms with Gasteiger partial charge in [0, 0.05) is 12.8 Å². The molecule has 0 aromatic rings. The summed E-state index contributed by atoms with van der Waals surface area (Å²) in [6.45, 7) is 4.99. The second-order valence-electron chi connectivity index (χ2n) is 26.0. The number of allylic oxidation sites excluding steroid dienone is 2. The molecule has 0 aliphatic carbocycles. The van der Waals surface area contributed by atoms with Gasteiger partial charge in [-0.2, -0.15) is 0 Å². The Hall–Kier alpha value is -1.40. The van der Waals surface area contributed by atoms with E-state index in [0.717, 1.165) is 38.5 Å². The SMILES string of the molecule is CCCCCCCCCCCCCCCCCCC(O)C(CO)NC(=O)CCCCCCCCCCCCCCCCCCC/C=C\CCCCCCCCCCCCCCCCCCOC(=O)CCCCCCCCCCCCC. The Bertz CT molecular complexity index is 1220. The van der Waals surface area contributed by atoms with E-state index in [1.807, 2.05) is 0 Å². The minimum atomic E-state index is -0.661. The number of carbonyl (C=O) groups excluding carboxylic acids is 2. The first-order valence-corrected chi connectivity index (χ1v) is 37.4. The summed E-state index contributed by atoms with van der Waals surface area (Å²) in [5.74, 6) is -0.00496. The molecule has 2 unspecified atom stereocenters. The molecule has 0 rings (SSSR count). The molecule has 0 spiro atoms. The van der Waals surface area contributed by atoms with Crippen molar-refractivity contribution in [1.82, 2.24) is 5.32 Å². The van der Waals surface area contributed by atoms with Crippen LogP contribution in [-0.2, 0) is 14.3 Å². The first-order chi connectivity index (χ1) is 40.0. The van der Waals surface area contributed by atoms with Crippen LogP contribution in [0.2, 0.25) is 0 Å². The van der Waals surface area contributed by atoms with E-state index in [0.29, 0.717) is 25.9 Å². The second-order valence-corrected chi connectivity index (χ2v) is 26.0. The molecule has 0 heterocycles. The number of aliphatic hydroxyl groups excluding tert-OH is 2. The second kappa shape index (κ2) is 71.1. The van der Waals surface area contributed by atoms with Crippen molar-refractivity contribution in [3.05, 3.63) is 12.2 Å². The standard InChI is InChI=1S/C75H147NO5/c1-3-5-7-9-11-13-15-16-17-41-44-48-51-55-59-63-67-73(78)72(71-77)76-74(79)68-64-60-56-52-49-45-42-39-37-35-33-31-29-27-25-23-21-19-18-20-22-24-26-28-30-32-34-36-38-40-43-46-50-54-58-62-66-70-81-75(80)69-65-61-57-53-47-14-12-10-8-6-4-2/h18,20,72-73,77-78H,3-17,19,21-71H2,1-2H3,(H,76,79)/b20-18-. The number of amides is 1. The van der Waals surface area contributed by atoms with E-state index in [1.165, 1.54) is 360 Å². The van der Waals surface area contributed by atoms with Gasteiger partial charge in [0.1, 0.15) is 0 Å². The number of nitrogens with one attached hydrogen (secondary N) is 1. The third-order valence-corrected chi connectivity index (χ3v) is 17.8. The van der Waals surface area contributed by atoms with Gasteiger partial charge in [-0.3, -0.25) is 9.59 Å². The number of aliphatic hydroxyl groups is 2. The van der Waals surface area contributed by atoms with Gasteiger partial charge in [-0.05, 0) is 51.4 Å². The zero-order valence-corrected chi connectivity index (χ0v) is 55.3. The molecular weight excluding hydrogens is 995 g/mol. The summed E-state index contributed by atoms with van der Waals surface area (Å²) in [7, 11) is 0. The van der Waals surface area contributed by atoms with Crippen LogP contribution in [0, 0.1) is 0 Å². The molecule has 0 radical (unpaired) electrons. The summed E-state index contributed by atoms with van der Waals surface area (Å²) in [6, 6.07) is -0.538. The highest BCUT2D eigenvalue weighted by Gasteiger charge is 2.20. The van der Waals surface area contributed by atoms with E-state index in [-0.39, 0.29) is 18.5 Å². The summed E-state index contributed by atoms with van der Waals surface area (Å²) in [5.41, 5.74) is 0. The summed E-state index contributed by atoms with van der Waals surface area (Å²) in [5, 5.41) is 23.4. The van der Waals surface area contributed by atoms with Crippen LogP contribution < -0.4 is 5.32 Å². The van der Waals surface area contributed by atoms with Crippen LogP contribution in [0.25, 0.3) is 0 Å². The first-order valence-electron chi connectivity index (χ1n) is 37.4. The molecule has 0 aliphatic rings. The Morgan fingerprint density at radius 1 is 0.333 bits per heavy atom. The van der Waals surface area contributed by atoms with Gasteiger partial charge in [0.05, 0.1) is 25.4 Å². The van der Waals surface area contributed by atoms with E-state index < -0.39 is 12.1 Å². The molecule has 3 N–H and O–H groups in total. The minimum absolute atomic E-state index is 0.0220. The highest BCUT2D eigenvalue weighted by Crippen LogP contribution is 2.20. The van der Waals surface area contributed by atoms with Crippen LogP contribution in [0.3, 0.4) is 0 Å². The van der Waals surface area contributed by atoms with Crippen LogP contribution in [-0.4, -0.2) is 47.4 Å². The molecule has 0 saturated heterocycles. The normalized spacial score (nSPS) is 12.5. The lowest BCUT2D eigenvalue weighted by Crippen LogP contribution is -2.45. The van der Waals surface area contributed by atoms with Gasteiger partial charge in [-0.25, -0.2) is 0 Å². The van der Waals surface area contributed by atoms with Crippen molar-refractivity contribution in [2.75, 3.05) is 13.2 Å². The maximum atomic E-state index is 12.5. The van der Waals surface area contributed by atoms with Gasteiger partial charge >= 0.3 is 5.97 Å². The molecule has 6 nitrogen and oxygen atoms in total. The lowest BCUT2D eigenvalue weighted by Gasteiger charge is -2.22. The Morgan fingerprint density at radius 2 is 0.580 bits per heavy atom. The van der Waals surface area contributed by atoms with Crippen molar-refractivity contribution in [2.45, 2.75) is 443 Å². The van der Waals surface area contributed by atoms with Gasteiger partial charge in [0.25, 0.3) is 0 Å². The van der Waals surface area contributed by atoms with Crippen molar-refractivity contribution < 1.29 is 24.5 Å². The monoisotopic (exact) mass is 1140 g/mol. The fourth-order valence-electron chi connectivity index (χ4n) is 12.1. The first kappa shape index (κ1) is 79.6. The van der Waals surface area contributed by atoms with Gasteiger partial charge in [0.15, 0.2) is 0 Å². The molecule has 2 atom stereocenters. The minimum Gasteiger partial charge on any atom is -0.466 e. The number of rotatable bonds is 71. The number of ether oxygens (including phenoxy) is 1. The molecule has 0 bridgehead atoms. The van der Waals surface area contributed by atoms with E-state index >= 15 is 0 Å². The largest absolute Gasteiger partial charge is 0.466 e. The van der Waals surface area contributed by atoms with Crippen LogP contribution in [0.4, 0.5) is 0 Å². The van der Waals surface area contributed by atoms with Gasteiger partial charge in [-0.15, -0.1) is 0 Å². The Labute approximate surface area is 508 Å². The van der Waals surface area contributed by atoms with Crippen LogP contribution in [0.15, 0.2) is 12.2 Å². The molecule has 0 aromatic carbocycles. The Kier molecular flexibility index (Phi) is 69.9. The van der Waals surface area contributed by atoms with E-state index in [4.69, 9.17) is 4.74 Å². The average molecular weight is 1140 g/mol. The predicted octanol–water partition coefficient (Wildman–Crippen LogP) is 24.3. The van der Waals surface area contributed by atoms with E-state index in [1.54, 1.807) is 0 Å². The molecule has 0 aromatic heterocycles. The molecular formula is C75H147NO5. The Balaban J connectivity index is 3.32. The summed E-state index contributed by atoms with van der Waals surface area (Å²) in [6.07, 6.45) is 88.7. The zero-order chi connectivity index (χ0) is 58.5. The summed E-state index contributed by atoms with van der Waals surface area (Å²) in [4.78, 5) is 24.5. The van der Waals surface area contributed by atoms with E-state index in [2.05, 4.69) is 31.3 Å². The average Bonchev–Trinajstić information content (AvgIpc) is 3.47.